The maximum Gasteiger partial charge on any atom is 0.231 e. The van der Waals surface area contributed by atoms with Gasteiger partial charge in [-0.25, -0.2) is 4.39 Å². The third-order valence-electron chi connectivity index (χ3n) is 5.38. The number of hydrogen-bond donors (Lipinski definition) is 0. The molecule has 0 N–H and O–H groups in total. The molecule has 0 saturated carbocycles. The van der Waals surface area contributed by atoms with Crippen LogP contribution in [0.2, 0.25) is 0 Å². The van der Waals surface area contributed by atoms with Crippen molar-refractivity contribution < 1.29 is 18.7 Å². The number of carbonyl (C=O) groups excluding carboxylic acids is 1. The van der Waals surface area contributed by atoms with Crippen molar-refractivity contribution in [2.75, 3.05) is 0 Å². The first-order valence-electron chi connectivity index (χ1n) is 10.2. The van der Waals surface area contributed by atoms with E-state index in [1.54, 1.807) is 36.4 Å². The van der Waals surface area contributed by atoms with E-state index in [4.69, 9.17) is 9.47 Å². The third kappa shape index (κ3) is 3.59. The molecule has 5 heteroatoms. The summed E-state index contributed by atoms with van der Waals surface area (Å²) in [5, 5.41) is 1.07. The summed E-state index contributed by atoms with van der Waals surface area (Å²) in [5.41, 5.74) is 3.29. The number of carbonyl (C=O) groups is 1. The fourth-order valence-corrected chi connectivity index (χ4v) is 3.84. The molecule has 1 aromatic heterocycles. The lowest BCUT2D eigenvalue weighted by Crippen LogP contribution is -1.98. The van der Waals surface area contributed by atoms with Gasteiger partial charge in [-0.3, -0.25) is 4.79 Å². The van der Waals surface area contributed by atoms with E-state index in [1.165, 1.54) is 12.1 Å². The van der Waals surface area contributed by atoms with Crippen LogP contribution in [0.5, 0.6) is 11.5 Å². The summed E-state index contributed by atoms with van der Waals surface area (Å²) in [6.07, 6.45) is 3.83. The lowest BCUT2D eigenvalue weighted by atomic mass is 10.1. The number of Topliss-reactive ketones (excluding diaryl/α,β-unsaturated/α-hetero) is 1. The van der Waals surface area contributed by atoms with Gasteiger partial charge in [0.2, 0.25) is 5.78 Å². The summed E-state index contributed by atoms with van der Waals surface area (Å²) in [6.45, 7) is 3.15. The van der Waals surface area contributed by atoms with Crippen molar-refractivity contribution in [2.45, 2.75) is 20.1 Å². The summed E-state index contributed by atoms with van der Waals surface area (Å²) < 4.78 is 27.1. The van der Waals surface area contributed by atoms with Crippen molar-refractivity contribution in [3.8, 4) is 11.5 Å². The number of ketones is 1. The Labute approximate surface area is 179 Å². The number of nitrogens with zero attached hydrogens (tertiary/aromatic N) is 1. The minimum Gasteiger partial charge on any atom is -0.489 e. The predicted octanol–water partition coefficient (Wildman–Crippen LogP) is 6.00. The van der Waals surface area contributed by atoms with Crippen molar-refractivity contribution in [3.63, 3.8) is 0 Å². The molecule has 0 aliphatic carbocycles. The molecule has 4 aromatic rings. The Morgan fingerprint density at radius 1 is 1.06 bits per heavy atom. The van der Waals surface area contributed by atoms with Crippen LogP contribution >= 0.6 is 0 Å². The fraction of sp³-hybridized carbons (Fsp3) is 0.115. The van der Waals surface area contributed by atoms with Crippen LogP contribution in [0.15, 0.2) is 78.7 Å². The highest BCUT2D eigenvalue weighted by Crippen LogP contribution is 2.36. The van der Waals surface area contributed by atoms with Crippen LogP contribution in [0.1, 0.15) is 28.4 Å². The van der Waals surface area contributed by atoms with E-state index in [2.05, 4.69) is 17.6 Å². The summed E-state index contributed by atoms with van der Waals surface area (Å²) in [6, 6.07) is 19.5. The smallest absolute Gasteiger partial charge is 0.231 e. The summed E-state index contributed by atoms with van der Waals surface area (Å²) >= 11 is 0. The Kier molecular flexibility index (Phi) is 4.79. The van der Waals surface area contributed by atoms with Gasteiger partial charge in [0.05, 0.1) is 5.56 Å². The zero-order valence-electron chi connectivity index (χ0n) is 17.0. The second-order valence-corrected chi connectivity index (χ2v) is 7.40. The molecule has 0 spiro atoms. The lowest BCUT2D eigenvalue weighted by Gasteiger charge is -2.07. The number of ether oxygens (including phenoxy) is 2. The number of halogens is 1. The zero-order chi connectivity index (χ0) is 21.4. The molecule has 31 heavy (non-hydrogen) atoms. The van der Waals surface area contributed by atoms with E-state index in [0.717, 1.165) is 28.6 Å². The number of aromatic nitrogens is 1. The van der Waals surface area contributed by atoms with Crippen LogP contribution in [-0.2, 0) is 13.2 Å². The van der Waals surface area contributed by atoms with Gasteiger partial charge >= 0.3 is 0 Å². The molecule has 0 bridgehead atoms. The molecule has 0 atom stereocenters. The molecule has 1 aliphatic heterocycles. The third-order valence-corrected chi connectivity index (χ3v) is 5.38. The first kappa shape index (κ1) is 19.1. The Balaban J connectivity index is 1.40. The molecular formula is C26H20FNO3. The Morgan fingerprint density at radius 3 is 2.77 bits per heavy atom. The number of fused-ring (bicyclic) bond motifs is 2. The van der Waals surface area contributed by atoms with Gasteiger partial charge in [0.15, 0.2) is 5.76 Å². The van der Waals surface area contributed by atoms with E-state index in [1.807, 2.05) is 24.4 Å². The Bertz CT molecular complexity index is 1340. The van der Waals surface area contributed by atoms with E-state index >= 15 is 0 Å². The molecule has 0 saturated heterocycles. The van der Waals surface area contributed by atoms with Crippen LogP contribution in [0.4, 0.5) is 4.39 Å². The van der Waals surface area contributed by atoms with E-state index in [-0.39, 0.29) is 24.0 Å². The van der Waals surface area contributed by atoms with E-state index in [0.29, 0.717) is 17.1 Å². The zero-order valence-corrected chi connectivity index (χ0v) is 17.0. The molecule has 0 fully saturated rings. The van der Waals surface area contributed by atoms with E-state index in [9.17, 15) is 9.18 Å². The standard InChI is InChI=1S/C26H20FNO3/c1-2-28-15-18(21-8-3-4-9-23(21)28)13-25-26(29)22-11-10-20(14-24(22)31-25)30-16-17-6-5-7-19(27)12-17/h3-15H,2,16H2,1H3/b25-13-. The fourth-order valence-electron chi connectivity index (χ4n) is 3.84. The van der Waals surface area contributed by atoms with Crippen molar-refractivity contribution in [1.82, 2.24) is 4.57 Å². The maximum absolute atomic E-state index is 13.3. The minimum atomic E-state index is -0.303. The Hall–Kier alpha value is -3.86. The van der Waals surface area contributed by atoms with Gasteiger partial charge in [0, 0.05) is 35.3 Å². The van der Waals surface area contributed by atoms with Gasteiger partial charge in [-0.1, -0.05) is 30.3 Å². The van der Waals surface area contributed by atoms with Gasteiger partial charge in [0.25, 0.3) is 0 Å². The molecule has 4 nitrogen and oxygen atoms in total. The molecule has 5 rings (SSSR count). The molecule has 154 valence electrons. The summed E-state index contributed by atoms with van der Waals surface area (Å²) in [5.74, 6) is 0.853. The second-order valence-electron chi connectivity index (χ2n) is 7.40. The van der Waals surface area contributed by atoms with Crippen molar-refractivity contribution >= 4 is 22.8 Å². The quantitative estimate of drug-likeness (QED) is 0.377. The number of hydrogen-bond acceptors (Lipinski definition) is 3. The number of allylic oxidation sites excluding steroid dienone is 1. The van der Waals surface area contributed by atoms with Crippen LogP contribution in [0.25, 0.3) is 17.0 Å². The van der Waals surface area contributed by atoms with Crippen molar-refractivity contribution in [3.05, 3.63) is 101 Å². The second kappa shape index (κ2) is 7.76. The Morgan fingerprint density at radius 2 is 1.94 bits per heavy atom. The number of para-hydroxylation sites is 1. The first-order chi connectivity index (χ1) is 15.1. The van der Waals surface area contributed by atoms with Gasteiger partial charge < -0.3 is 14.0 Å². The highest BCUT2D eigenvalue weighted by atomic mass is 19.1. The largest absolute Gasteiger partial charge is 0.489 e. The SMILES string of the molecule is CCn1cc(/C=C2\Oc3cc(OCc4cccc(F)c4)ccc3C2=O)c2ccccc21. The minimum absolute atomic E-state index is 0.153. The van der Waals surface area contributed by atoms with Crippen LogP contribution in [-0.4, -0.2) is 10.4 Å². The lowest BCUT2D eigenvalue weighted by molar-refractivity contribution is 0.101. The molecule has 0 amide bonds. The molecule has 2 heterocycles. The molecule has 0 unspecified atom stereocenters. The molecule has 1 aliphatic rings. The summed E-state index contributed by atoms with van der Waals surface area (Å²) in [7, 11) is 0. The topological polar surface area (TPSA) is 40.5 Å². The van der Waals surface area contributed by atoms with Crippen LogP contribution < -0.4 is 9.47 Å². The summed E-state index contributed by atoms with van der Waals surface area (Å²) in [4.78, 5) is 12.9. The van der Waals surface area contributed by atoms with Crippen LogP contribution in [0, 0.1) is 5.82 Å². The maximum atomic E-state index is 13.3. The van der Waals surface area contributed by atoms with Gasteiger partial charge in [-0.05, 0) is 48.9 Å². The number of benzene rings is 3. The monoisotopic (exact) mass is 413 g/mol. The average molecular weight is 413 g/mol. The molecule has 3 aromatic carbocycles. The van der Waals surface area contributed by atoms with Crippen molar-refractivity contribution in [1.29, 1.82) is 0 Å². The van der Waals surface area contributed by atoms with Gasteiger partial charge in [-0.2, -0.15) is 0 Å². The van der Waals surface area contributed by atoms with Crippen molar-refractivity contribution in [2.24, 2.45) is 0 Å². The molecule has 0 radical (unpaired) electrons. The number of rotatable bonds is 5. The highest BCUT2D eigenvalue weighted by Gasteiger charge is 2.28. The average Bonchev–Trinajstić information content (AvgIpc) is 3.30. The van der Waals surface area contributed by atoms with Gasteiger partial charge in [-0.15, -0.1) is 0 Å². The normalized spacial score (nSPS) is 14.1. The van der Waals surface area contributed by atoms with Gasteiger partial charge in [0.1, 0.15) is 23.9 Å². The number of aryl methyl sites for hydroxylation is 1. The molecular weight excluding hydrogens is 393 g/mol. The first-order valence-corrected chi connectivity index (χ1v) is 10.2. The van der Waals surface area contributed by atoms with Crippen LogP contribution in [0.3, 0.4) is 0 Å². The van der Waals surface area contributed by atoms with E-state index < -0.39 is 0 Å². The highest BCUT2D eigenvalue weighted by molar-refractivity contribution is 6.15. The predicted molar refractivity (Wildman–Crippen MR) is 118 cm³/mol.